The largest absolute Gasteiger partial charge is 0.507 e. The van der Waals surface area contributed by atoms with Gasteiger partial charge in [-0.15, -0.1) is 0 Å². The van der Waals surface area contributed by atoms with E-state index in [2.05, 4.69) is 15.3 Å². The maximum atomic E-state index is 12.0. The monoisotopic (exact) mass is 347 g/mol. The molecule has 0 spiro atoms. The molecule has 2 heterocycles. The van der Waals surface area contributed by atoms with Crippen LogP contribution in [0.5, 0.6) is 5.75 Å². The summed E-state index contributed by atoms with van der Waals surface area (Å²) in [5.41, 5.74) is 0.783. The Balaban J connectivity index is 1.56. The van der Waals surface area contributed by atoms with E-state index < -0.39 is 5.63 Å². The molecule has 0 saturated carbocycles. The summed E-state index contributed by atoms with van der Waals surface area (Å²) in [6, 6.07) is 15.7. The van der Waals surface area contributed by atoms with Gasteiger partial charge in [0.15, 0.2) is 5.82 Å². The first-order chi connectivity index (χ1) is 12.7. The number of phenols is 1. The van der Waals surface area contributed by atoms with Gasteiger partial charge in [-0.3, -0.25) is 0 Å². The quantitative estimate of drug-likeness (QED) is 0.428. The molecule has 26 heavy (non-hydrogen) atoms. The molecule has 128 valence electrons. The molecule has 0 unspecified atom stereocenters. The van der Waals surface area contributed by atoms with Gasteiger partial charge in [0.1, 0.15) is 23.3 Å². The molecule has 0 aliphatic rings. The first-order valence-electron chi connectivity index (χ1n) is 7.76. The second-order valence-electron chi connectivity index (χ2n) is 5.44. The average molecular weight is 347 g/mol. The van der Waals surface area contributed by atoms with E-state index in [1.807, 2.05) is 12.1 Å². The van der Waals surface area contributed by atoms with Crippen molar-refractivity contribution < 1.29 is 13.9 Å². The summed E-state index contributed by atoms with van der Waals surface area (Å²) in [6.07, 6.45) is 2.78. The van der Waals surface area contributed by atoms with Crippen LogP contribution < -0.4 is 10.9 Å². The summed E-state index contributed by atoms with van der Waals surface area (Å²) in [4.78, 5) is 20.2. The number of aromatic hydroxyl groups is 1. The molecule has 4 rings (SSSR count). The zero-order chi connectivity index (χ0) is 17.9. The number of aromatic nitrogens is 1. The van der Waals surface area contributed by atoms with Crippen molar-refractivity contribution in [3.8, 4) is 5.75 Å². The van der Waals surface area contributed by atoms with Crippen molar-refractivity contribution in [1.82, 2.24) is 4.98 Å². The average Bonchev–Trinajstić information content (AvgIpc) is 3.09. The Kier molecular flexibility index (Phi) is 3.95. The summed E-state index contributed by atoms with van der Waals surface area (Å²) in [7, 11) is 0. The van der Waals surface area contributed by atoms with E-state index in [4.69, 9.17) is 8.83 Å². The number of nitrogens with one attached hydrogen (secondary N) is 1. The highest BCUT2D eigenvalue weighted by atomic mass is 16.4. The third-order valence-corrected chi connectivity index (χ3v) is 3.65. The lowest BCUT2D eigenvalue weighted by atomic mass is 10.2. The second-order valence-corrected chi connectivity index (χ2v) is 5.44. The molecule has 0 fully saturated rings. The third-order valence-electron chi connectivity index (χ3n) is 3.65. The number of oxazole rings is 1. The molecule has 0 aliphatic heterocycles. The van der Waals surface area contributed by atoms with Crippen LogP contribution >= 0.6 is 0 Å². The molecule has 0 saturated heterocycles. The fraction of sp³-hybridized carbons (Fsp3) is 0. The number of rotatable bonds is 4. The molecule has 0 bridgehead atoms. The molecule has 0 aliphatic carbocycles. The molecule has 0 atom stereocenters. The summed E-state index contributed by atoms with van der Waals surface area (Å²) in [5, 5.41) is 13.4. The van der Waals surface area contributed by atoms with E-state index in [1.54, 1.807) is 42.5 Å². The van der Waals surface area contributed by atoms with Crippen molar-refractivity contribution in [3.05, 3.63) is 76.8 Å². The molecule has 7 heteroatoms. The number of benzene rings is 2. The van der Waals surface area contributed by atoms with Gasteiger partial charge in [-0.2, -0.15) is 4.98 Å². The Morgan fingerprint density at radius 2 is 1.92 bits per heavy atom. The van der Waals surface area contributed by atoms with E-state index in [1.165, 1.54) is 12.5 Å². The van der Waals surface area contributed by atoms with Gasteiger partial charge < -0.3 is 19.3 Å². The number of hydrogen-bond acceptors (Lipinski definition) is 7. The fourth-order valence-electron chi connectivity index (χ4n) is 2.39. The first-order valence-corrected chi connectivity index (χ1v) is 7.76. The van der Waals surface area contributed by atoms with E-state index in [0.717, 1.165) is 5.39 Å². The van der Waals surface area contributed by atoms with Crippen molar-refractivity contribution in [1.29, 1.82) is 0 Å². The number of fused-ring (bicyclic) bond motifs is 1. The summed E-state index contributed by atoms with van der Waals surface area (Å²) < 4.78 is 10.5. The lowest BCUT2D eigenvalue weighted by Gasteiger charge is -2.02. The van der Waals surface area contributed by atoms with E-state index in [9.17, 15) is 9.90 Å². The first kappa shape index (κ1) is 15.6. The zero-order valence-corrected chi connectivity index (χ0v) is 13.4. The standard InChI is InChI=1S/C19H13N3O4/c23-15-7-3-1-6-13(15)10-20-19-22-17(11-25-19)21-14-9-12-5-2-4-8-16(12)26-18(14)24/h1-11,21,23H. The van der Waals surface area contributed by atoms with Crippen LogP contribution in [-0.2, 0) is 0 Å². The van der Waals surface area contributed by atoms with Gasteiger partial charge in [-0.25, -0.2) is 9.79 Å². The van der Waals surface area contributed by atoms with Crippen molar-refractivity contribution in [2.24, 2.45) is 4.99 Å². The minimum absolute atomic E-state index is 0.0842. The Morgan fingerprint density at radius 1 is 1.12 bits per heavy atom. The van der Waals surface area contributed by atoms with Crippen LogP contribution in [0.1, 0.15) is 5.56 Å². The van der Waals surface area contributed by atoms with Gasteiger partial charge in [0.05, 0.1) is 0 Å². The van der Waals surface area contributed by atoms with Gasteiger partial charge in [0, 0.05) is 17.2 Å². The Bertz CT molecular complexity index is 1160. The molecular formula is C19H13N3O4. The Hall–Kier alpha value is -3.87. The van der Waals surface area contributed by atoms with Crippen molar-refractivity contribution >= 4 is 34.7 Å². The molecule has 0 amide bonds. The number of aliphatic imine (C=N–C) groups is 1. The summed E-state index contributed by atoms with van der Waals surface area (Å²) in [6.45, 7) is 0. The Morgan fingerprint density at radius 3 is 2.81 bits per heavy atom. The van der Waals surface area contributed by atoms with Gasteiger partial charge in [0.2, 0.25) is 0 Å². The molecule has 2 aromatic carbocycles. The molecule has 2 N–H and O–H groups in total. The number of phenolic OH excluding ortho intramolecular Hbond substituents is 1. The Labute approximate surface area is 147 Å². The van der Waals surface area contributed by atoms with Crippen molar-refractivity contribution in [2.45, 2.75) is 0 Å². The lowest BCUT2D eigenvalue weighted by molar-refractivity contribution is 0.474. The van der Waals surface area contributed by atoms with Crippen LogP contribution in [-0.4, -0.2) is 16.3 Å². The minimum Gasteiger partial charge on any atom is -0.507 e. The van der Waals surface area contributed by atoms with Gasteiger partial charge in [-0.1, -0.05) is 30.3 Å². The van der Waals surface area contributed by atoms with Crippen LogP contribution in [0.25, 0.3) is 11.0 Å². The SMILES string of the molecule is O=c1oc2ccccc2cc1Nc1coc(N=Cc2ccccc2O)n1. The van der Waals surface area contributed by atoms with Gasteiger partial charge in [0.25, 0.3) is 0 Å². The van der Waals surface area contributed by atoms with Crippen molar-refractivity contribution in [2.75, 3.05) is 5.32 Å². The predicted octanol–water partition coefficient (Wildman–Crippen LogP) is 3.98. The number of para-hydroxylation sites is 2. The zero-order valence-electron chi connectivity index (χ0n) is 13.4. The lowest BCUT2D eigenvalue weighted by Crippen LogP contribution is -2.06. The van der Waals surface area contributed by atoms with Crippen LogP contribution in [0, 0.1) is 0 Å². The number of nitrogens with zero attached hydrogens (tertiary/aromatic N) is 2. The number of hydrogen-bond donors (Lipinski definition) is 2. The molecule has 0 radical (unpaired) electrons. The third kappa shape index (κ3) is 3.18. The van der Waals surface area contributed by atoms with Crippen LogP contribution in [0.2, 0.25) is 0 Å². The molecular weight excluding hydrogens is 334 g/mol. The topological polar surface area (TPSA) is 101 Å². The summed E-state index contributed by atoms with van der Waals surface area (Å²) in [5.74, 6) is 0.423. The highest BCUT2D eigenvalue weighted by molar-refractivity contribution is 5.84. The molecule has 4 aromatic rings. The van der Waals surface area contributed by atoms with E-state index in [-0.39, 0.29) is 17.5 Å². The highest BCUT2D eigenvalue weighted by Crippen LogP contribution is 2.21. The molecule has 2 aromatic heterocycles. The summed E-state index contributed by atoms with van der Waals surface area (Å²) >= 11 is 0. The van der Waals surface area contributed by atoms with Crippen LogP contribution in [0.4, 0.5) is 17.5 Å². The van der Waals surface area contributed by atoms with Crippen LogP contribution in [0.15, 0.2) is 79.5 Å². The normalized spacial score (nSPS) is 11.2. The second kappa shape index (κ2) is 6.56. The van der Waals surface area contributed by atoms with Gasteiger partial charge >= 0.3 is 11.6 Å². The maximum Gasteiger partial charge on any atom is 0.360 e. The van der Waals surface area contributed by atoms with E-state index >= 15 is 0 Å². The minimum atomic E-state index is -0.508. The fourth-order valence-corrected chi connectivity index (χ4v) is 2.39. The van der Waals surface area contributed by atoms with Gasteiger partial charge in [-0.05, 0) is 24.3 Å². The molecule has 7 nitrogen and oxygen atoms in total. The van der Waals surface area contributed by atoms with Crippen LogP contribution in [0.3, 0.4) is 0 Å². The highest BCUT2D eigenvalue weighted by Gasteiger charge is 2.08. The number of anilines is 2. The predicted molar refractivity (Wildman–Crippen MR) is 97.6 cm³/mol. The maximum absolute atomic E-state index is 12.0. The van der Waals surface area contributed by atoms with Crippen molar-refractivity contribution in [3.63, 3.8) is 0 Å². The smallest absolute Gasteiger partial charge is 0.360 e. The van der Waals surface area contributed by atoms with E-state index in [0.29, 0.717) is 17.0 Å².